The Hall–Kier alpha value is -1.45. The molecule has 0 bridgehead atoms. The van der Waals surface area contributed by atoms with E-state index >= 15 is 0 Å². The van der Waals surface area contributed by atoms with Crippen molar-refractivity contribution in [2.75, 3.05) is 0 Å². The molecule has 0 aromatic heterocycles. The molecule has 2 atom stereocenters. The van der Waals surface area contributed by atoms with E-state index in [0.29, 0.717) is 23.0 Å². The fourth-order valence-corrected chi connectivity index (χ4v) is 4.13. The molecule has 0 radical (unpaired) electrons. The van der Waals surface area contributed by atoms with Gasteiger partial charge >= 0.3 is 0 Å². The third-order valence-electron chi connectivity index (χ3n) is 4.50. The predicted octanol–water partition coefficient (Wildman–Crippen LogP) is 4.89. The maximum atomic E-state index is 12.7. The summed E-state index contributed by atoms with van der Waals surface area (Å²) < 4.78 is 12.7. The second-order valence-corrected chi connectivity index (χ2v) is 9.39. The first-order chi connectivity index (χ1) is 11.6. The molecule has 0 spiro atoms. The summed E-state index contributed by atoms with van der Waals surface area (Å²) in [6.07, 6.45) is 0. The van der Waals surface area contributed by atoms with Crippen LogP contribution in [-0.4, -0.2) is 15.1 Å². The lowest BCUT2D eigenvalue weighted by atomic mass is 10.0. The standard InChI is InChI=1S/C20H27O4P/c1-13(2)15-5-9-17(10-6-15)19(21)25(23,24)20(22)18-11-7-16(8-12-18)14(3)4/h5-14,19-22H,1-4H3,(H,23,24). The highest BCUT2D eigenvalue weighted by Crippen LogP contribution is 2.63. The van der Waals surface area contributed by atoms with Crippen molar-refractivity contribution in [3.63, 3.8) is 0 Å². The minimum absolute atomic E-state index is 0.327. The van der Waals surface area contributed by atoms with Crippen LogP contribution in [0, 0.1) is 0 Å². The first-order valence-corrected chi connectivity index (χ1v) is 10.3. The highest BCUT2D eigenvalue weighted by Gasteiger charge is 2.39. The molecule has 2 aromatic carbocycles. The molecule has 0 aliphatic rings. The van der Waals surface area contributed by atoms with Crippen molar-refractivity contribution in [3.05, 3.63) is 70.8 Å². The Balaban J connectivity index is 2.24. The number of rotatable bonds is 6. The summed E-state index contributed by atoms with van der Waals surface area (Å²) in [5.74, 6) is -2.60. The molecule has 2 unspecified atom stereocenters. The zero-order valence-electron chi connectivity index (χ0n) is 15.1. The third kappa shape index (κ3) is 4.39. The van der Waals surface area contributed by atoms with E-state index in [-0.39, 0.29) is 0 Å². The van der Waals surface area contributed by atoms with Crippen molar-refractivity contribution < 1.29 is 19.7 Å². The van der Waals surface area contributed by atoms with Gasteiger partial charge in [-0.05, 0) is 34.1 Å². The zero-order valence-corrected chi connectivity index (χ0v) is 16.0. The lowest BCUT2D eigenvalue weighted by molar-refractivity contribution is 0.186. The second-order valence-electron chi connectivity index (χ2n) is 7.06. The monoisotopic (exact) mass is 362 g/mol. The van der Waals surface area contributed by atoms with Crippen LogP contribution in [0.2, 0.25) is 0 Å². The van der Waals surface area contributed by atoms with Crippen molar-refractivity contribution in [2.24, 2.45) is 0 Å². The van der Waals surface area contributed by atoms with Gasteiger partial charge in [-0.25, -0.2) is 0 Å². The second kappa shape index (κ2) is 7.84. The van der Waals surface area contributed by atoms with Crippen LogP contribution in [0.3, 0.4) is 0 Å². The molecule has 4 nitrogen and oxygen atoms in total. The quantitative estimate of drug-likeness (QED) is 0.640. The fourth-order valence-electron chi connectivity index (χ4n) is 2.67. The smallest absolute Gasteiger partial charge is 0.264 e. The normalized spacial score (nSPS) is 16.7. The largest absolute Gasteiger partial charge is 0.378 e. The summed E-state index contributed by atoms with van der Waals surface area (Å²) >= 11 is 0. The predicted molar refractivity (Wildman–Crippen MR) is 101 cm³/mol. The molecule has 0 fully saturated rings. The summed E-state index contributed by atoms with van der Waals surface area (Å²) in [5.41, 5.74) is 2.81. The van der Waals surface area contributed by atoms with Crippen molar-refractivity contribution in [1.29, 1.82) is 0 Å². The fraction of sp³-hybridized carbons (Fsp3) is 0.400. The maximum Gasteiger partial charge on any atom is 0.264 e. The summed E-state index contributed by atoms with van der Waals surface area (Å²) in [4.78, 5) is 10.4. The Morgan fingerprint density at radius 3 is 1.12 bits per heavy atom. The average molecular weight is 362 g/mol. The lowest BCUT2D eigenvalue weighted by Crippen LogP contribution is -2.08. The van der Waals surface area contributed by atoms with Crippen LogP contribution in [0.25, 0.3) is 0 Å². The molecule has 0 saturated carbocycles. The van der Waals surface area contributed by atoms with Gasteiger partial charge in [-0.2, -0.15) is 0 Å². The molecule has 0 aliphatic heterocycles. The van der Waals surface area contributed by atoms with E-state index in [0.717, 1.165) is 11.1 Å². The van der Waals surface area contributed by atoms with Gasteiger partial charge in [0.15, 0.2) is 11.7 Å². The van der Waals surface area contributed by atoms with Gasteiger partial charge < -0.3 is 15.1 Å². The number of aliphatic hydroxyl groups excluding tert-OH is 2. The van der Waals surface area contributed by atoms with Crippen LogP contribution >= 0.6 is 7.37 Å². The molecule has 0 amide bonds. The topological polar surface area (TPSA) is 77.8 Å². The Labute approximate surface area is 149 Å². The van der Waals surface area contributed by atoms with Gasteiger partial charge in [0.25, 0.3) is 7.37 Å². The maximum absolute atomic E-state index is 12.7. The Morgan fingerprint density at radius 1 is 0.640 bits per heavy atom. The summed E-state index contributed by atoms with van der Waals surface area (Å²) in [6, 6.07) is 13.9. The molecular formula is C20H27O4P. The van der Waals surface area contributed by atoms with Gasteiger partial charge in [0, 0.05) is 0 Å². The number of hydrogen-bond acceptors (Lipinski definition) is 3. The van der Waals surface area contributed by atoms with Crippen LogP contribution in [0.15, 0.2) is 48.5 Å². The average Bonchev–Trinajstić information content (AvgIpc) is 2.60. The Morgan fingerprint density at radius 2 is 0.880 bits per heavy atom. The summed E-state index contributed by atoms with van der Waals surface area (Å²) in [5, 5.41) is 20.8. The third-order valence-corrected chi connectivity index (χ3v) is 6.50. The van der Waals surface area contributed by atoms with Crippen LogP contribution in [-0.2, 0) is 4.57 Å². The lowest BCUT2D eigenvalue weighted by Gasteiger charge is -2.24. The molecular weight excluding hydrogens is 335 g/mol. The highest BCUT2D eigenvalue weighted by molar-refractivity contribution is 7.58. The molecule has 2 aromatic rings. The van der Waals surface area contributed by atoms with Crippen molar-refractivity contribution in [2.45, 2.75) is 51.2 Å². The van der Waals surface area contributed by atoms with Gasteiger partial charge in [-0.15, -0.1) is 0 Å². The van der Waals surface area contributed by atoms with Crippen LogP contribution in [0.1, 0.15) is 73.5 Å². The van der Waals surface area contributed by atoms with E-state index in [2.05, 4.69) is 0 Å². The van der Waals surface area contributed by atoms with Gasteiger partial charge in [0.2, 0.25) is 0 Å². The van der Waals surface area contributed by atoms with Gasteiger partial charge in [-0.3, -0.25) is 4.57 Å². The number of hydrogen-bond donors (Lipinski definition) is 3. The molecule has 5 heteroatoms. The first kappa shape index (κ1) is 19.9. The van der Waals surface area contributed by atoms with E-state index in [1.165, 1.54) is 0 Å². The van der Waals surface area contributed by atoms with E-state index in [1.807, 2.05) is 52.0 Å². The molecule has 3 N–H and O–H groups in total. The minimum atomic E-state index is -4.28. The van der Waals surface area contributed by atoms with Gasteiger partial charge in [0.1, 0.15) is 0 Å². The molecule has 0 aliphatic carbocycles. The van der Waals surface area contributed by atoms with Crippen molar-refractivity contribution in [3.8, 4) is 0 Å². The van der Waals surface area contributed by atoms with Crippen LogP contribution < -0.4 is 0 Å². The van der Waals surface area contributed by atoms with E-state index in [9.17, 15) is 19.7 Å². The first-order valence-electron chi connectivity index (χ1n) is 8.52. The summed E-state index contributed by atoms with van der Waals surface area (Å²) in [6.45, 7) is 8.19. The molecule has 2 rings (SSSR count). The van der Waals surface area contributed by atoms with Crippen molar-refractivity contribution >= 4 is 7.37 Å². The minimum Gasteiger partial charge on any atom is -0.378 e. The molecule has 25 heavy (non-hydrogen) atoms. The Kier molecular flexibility index (Phi) is 6.23. The van der Waals surface area contributed by atoms with Crippen molar-refractivity contribution in [1.82, 2.24) is 0 Å². The van der Waals surface area contributed by atoms with E-state index < -0.39 is 19.1 Å². The van der Waals surface area contributed by atoms with E-state index in [1.54, 1.807) is 24.3 Å². The SMILES string of the molecule is CC(C)c1ccc(C(O)P(=O)(O)C(O)c2ccc(C(C)C)cc2)cc1. The zero-order chi connectivity index (χ0) is 18.8. The number of benzene rings is 2. The van der Waals surface area contributed by atoms with Crippen LogP contribution in [0.5, 0.6) is 0 Å². The number of aliphatic hydroxyl groups is 2. The molecule has 0 heterocycles. The molecule has 136 valence electrons. The van der Waals surface area contributed by atoms with Crippen LogP contribution in [0.4, 0.5) is 0 Å². The van der Waals surface area contributed by atoms with Gasteiger partial charge in [0.05, 0.1) is 0 Å². The van der Waals surface area contributed by atoms with E-state index in [4.69, 9.17) is 0 Å². The summed E-state index contributed by atoms with van der Waals surface area (Å²) in [7, 11) is -4.28. The van der Waals surface area contributed by atoms with Gasteiger partial charge in [-0.1, -0.05) is 76.2 Å². The highest BCUT2D eigenvalue weighted by atomic mass is 31.2. The molecule has 0 saturated heterocycles. The Bertz CT molecular complexity index is 674.